The fraction of sp³-hybridized carbons (Fsp3) is 0.300. The summed E-state index contributed by atoms with van der Waals surface area (Å²) in [5.74, 6) is 1.92. The van der Waals surface area contributed by atoms with Gasteiger partial charge >= 0.3 is 6.03 Å². The number of benzene rings is 2. The molecule has 230 valence electrons. The molecule has 44 heavy (non-hydrogen) atoms. The minimum atomic E-state index is -0.418. The van der Waals surface area contributed by atoms with Crippen molar-refractivity contribution >= 4 is 46.6 Å². The van der Waals surface area contributed by atoms with Crippen molar-refractivity contribution in [3.8, 4) is 17.4 Å². The second kappa shape index (κ2) is 13.8. The summed E-state index contributed by atoms with van der Waals surface area (Å²) in [6.45, 7) is 2.95. The number of aromatic nitrogens is 4. The smallest absolute Gasteiger partial charge is 0.321 e. The quantitative estimate of drug-likeness (QED) is 0.246. The number of piperazine rings is 1. The number of amides is 3. The molecule has 12 nitrogen and oxygen atoms in total. The number of hydrogen-bond acceptors (Lipinski definition) is 8. The lowest BCUT2D eigenvalue weighted by Crippen LogP contribution is -2.57. The average Bonchev–Trinajstić information content (AvgIpc) is 3.56. The SMILES string of the molecule is COc1ccc(NC(=O)N2CCN(c3cc(Cl)nc(-n4ccnc4)n3)C(CC(=O)NC(C)c3ccc(OC)c(Cl)c3)C2)cc1. The van der Waals surface area contributed by atoms with Gasteiger partial charge < -0.3 is 29.9 Å². The second-order valence-corrected chi connectivity index (χ2v) is 11.0. The fourth-order valence-electron chi connectivity index (χ4n) is 4.98. The van der Waals surface area contributed by atoms with E-state index in [1.54, 1.807) is 84.9 Å². The van der Waals surface area contributed by atoms with Gasteiger partial charge in [-0.2, -0.15) is 4.98 Å². The highest BCUT2D eigenvalue weighted by molar-refractivity contribution is 6.32. The van der Waals surface area contributed by atoms with Crippen LogP contribution >= 0.6 is 23.2 Å². The maximum absolute atomic E-state index is 13.4. The molecule has 3 amide bonds. The molecule has 0 spiro atoms. The number of imidazole rings is 1. The summed E-state index contributed by atoms with van der Waals surface area (Å²) in [5.41, 5.74) is 1.46. The third-order valence-electron chi connectivity index (χ3n) is 7.28. The van der Waals surface area contributed by atoms with Gasteiger partial charge in [-0.15, -0.1) is 0 Å². The van der Waals surface area contributed by atoms with E-state index in [1.165, 1.54) is 0 Å². The molecular weight excluding hydrogens is 607 g/mol. The van der Waals surface area contributed by atoms with Crippen LogP contribution in [0.2, 0.25) is 10.2 Å². The second-order valence-electron chi connectivity index (χ2n) is 10.2. The van der Waals surface area contributed by atoms with E-state index >= 15 is 0 Å². The predicted octanol–water partition coefficient (Wildman–Crippen LogP) is 4.98. The van der Waals surface area contributed by atoms with Gasteiger partial charge in [-0.25, -0.2) is 14.8 Å². The molecule has 2 atom stereocenters. The standard InChI is InChI=1S/C30H32Cl2N8O4/c1-19(20-4-9-25(44-3)24(31)14-20)34-28(41)15-22-17-38(30(42)35-21-5-7-23(43-2)8-6-21)12-13-40(22)27-16-26(32)36-29(37-27)39-11-10-33-18-39/h4-11,14,16,18-19,22H,12-13,15,17H2,1-3H3,(H,34,41)(H,35,42). The van der Waals surface area contributed by atoms with Gasteiger partial charge in [0.25, 0.3) is 0 Å². The summed E-state index contributed by atoms with van der Waals surface area (Å²) in [6.07, 6.45) is 5.00. The fourth-order valence-corrected chi connectivity index (χ4v) is 5.42. The van der Waals surface area contributed by atoms with E-state index in [-0.39, 0.29) is 36.1 Å². The van der Waals surface area contributed by atoms with E-state index in [9.17, 15) is 9.59 Å². The number of nitrogens with zero attached hydrogens (tertiary/aromatic N) is 6. The van der Waals surface area contributed by atoms with Gasteiger partial charge in [0.1, 0.15) is 28.8 Å². The molecule has 0 radical (unpaired) electrons. The lowest BCUT2D eigenvalue weighted by Gasteiger charge is -2.42. The van der Waals surface area contributed by atoms with Crippen LogP contribution in [-0.4, -0.2) is 76.3 Å². The van der Waals surface area contributed by atoms with E-state index in [1.807, 2.05) is 17.9 Å². The monoisotopic (exact) mass is 638 g/mol. The highest BCUT2D eigenvalue weighted by atomic mass is 35.5. The number of rotatable bonds is 9. The van der Waals surface area contributed by atoms with E-state index < -0.39 is 6.04 Å². The number of hydrogen-bond donors (Lipinski definition) is 2. The van der Waals surface area contributed by atoms with Gasteiger partial charge in [0.2, 0.25) is 11.9 Å². The molecule has 1 saturated heterocycles. The lowest BCUT2D eigenvalue weighted by molar-refractivity contribution is -0.122. The molecule has 0 bridgehead atoms. The van der Waals surface area contributed by atoms with Gasteiger partial charge in [0.15, 0.2) is 0 Å². The summed E-state index contributed by atoms with van der Waals surface area (Å²) in [7, 11) is 3.13. The van der Waals surface area contributed by atoms with Crippen LogP contribution in [0.1, 0.15) is 24.9 Å². The Labute approximate surface area is 264 Å². The van der Waals surface area contributed by atoms with Crippen LogP contribution in [0.5, 0.6) is 11.5 Å². The van der Waals surface area contributed by atoms with E-state index in [2.05, 4.69) is 20.6 Å². The zero-order chi connectivity index (χ0) is 31.2. The number of methoxy groups -OCH3 is 2. The van der Waals surface area contributed by atoms with Gasteiger partial charge in [-0.1, -0.05) is 29.3 Å². The minimum absolute atomic E-state index is 0.0859. The number of carbonyl (C=O) groups excluding carboxylic acids is 2. The van der Waals surface area contributed by atoms with E-state index in [0.29, 0.717) is 47.1 Å². The van der Waals surface area contributed by atoms with E-state index in [4.69, 9.17) is 37.7 Å². The van der Waals surface area contributed by atoms with Crippen molar-refractivity contribution in [2.24, 2.45) is 0 Å². The van der Waals surface area contributed by atoms with Crippen LogP contribution in [0.3, 0.4) is 0 Å². The number of halogens is 2. The Hall–Kier alpha value is -4.55. The lowest BCUT2D eigenvalue weighted by atomic mass is 10.1. The summed E-state index contributed by atoms with van der Waals surface area (Å²) in [5, 5.41) is 6.68. The molecule has 1 aliphatic heterocycles. The van der Waals surface area contributed by atoms with Gasteiger partial charge in [0, 0.05) is 50.2 Å². The molecule has 3 heterocycles. The third kappa shape index (κ3) is 7.32. The van der Waals surface area contributed by atoms with Gasteiger partial charge in [-0.05, 0) is 48.9 Å². The molecule has 2 N–H and O–H groups in total. The molecule has 2 aromatic heterocycles. The average molecular weight is 640 g/mol. The Balaban J connectivity index is 1.35. The Morgan fingerprint density at radius 2 is 1.84 bits per heavy atom. The minimum Gasteiger partial charge on any atom is -0.497 e. The predicted molar refractivity (Wildman–Crippen MR) is 168 cm³/mol. The summed E-state index contributed by atoms with van der Waals surface area (Å²) in [4.78, 5) is 43.5. The van der Waals surface area contributed by atoms with Crippen LogP contribution in [0.15, 0.2) is 67.3 Å². The first-order valence-corrected chi connectivity index (χ1v) is 14.6. The highest BCUT2D eigenvalue weighted by Crippen LogP contribution is 2.28. The van der Waals surface area contributed by atoms with Crippen LogP contribution in [0, 0.1) is 0 Å². The molecule has 5 rings (SSSR count). The van der Waals surface area contributed by atoms with Crippen LogP contribution in [0.25, 0.3) is 5.95 Å². The number of nitrogens with one attached hydrogen (secondary N) is 2. The Morgan fingerprint density at radius 3 is 2.52 bits per heavy atom. The largest absolute Gasteiger partial charge is 0.497 e. The van der Waals surface area contributed by atoms with Crippen molar-refractivity contribution in [1.29, 1.82) is 0 Å². The maximum atomic E-state index is 13.4. The number of anilines is 2. The zero-order valence-corrected chi connectivity index (χ0v) is 25.9. The van der Waals surface area contributed by atoms with Crippen LogP contribution < -0.4 is 25.0 Å². The van der Waals surface area contributed by atoms with Gasteiger partial charge in [-0.3, -0.25) is 9.36 Å². The topological polar surface area (TPSA) is 127 Å². The molecule has 1 fully saturated rings. The third-order valence-corrected chi connectivity index (χ3v) is 7.77. The summed E-state index contributed by atoms with van der Waals surface area (Å²) in [6, 6.07) is 13.1. The molecule has 0 aliphatic carbocycles. The van der Waals surface area contributed by atoms with Gasteiger partial charge in [0.05, 0.1) is 31.3 Å². The molecular formula is C30H32Cl2N8O4. The van der Waals surface area contributed by atoms with Crippen molar-refractivity contribution in [3.05, 3.63) is 83.0 Å². The van der Waals surface area contributed by atoms with E-state index in [0.717, 1.165) is 5.56 Å². The van der Waals surface area contributed by atoms with Crippen molar-refractivity contribution in [2.75, 3.05) is 44.1 Å². The zero-order valence-electron chi connectivity index (χ0n) is 24.4. The maximum Gasteiger partial charge on any atom is 0.321 e. The number of carbonyl (C=O) groups is 2. The normalized spacial score (nSPS) is 15.4. The molecule has 0 saturated carbocycles. The Bertz CT molecular complexity index is 1600. The van der Waals surface area contributed by atoms with Crippen LogP contribution in [-0.2, 0) is 4.79 Å². The van der Waals surface area contributed by atoms with Crippen molar-refractivity contribution in [3.63, 3.8) is 0 Å². The molecule has 2 aromatic carbocycles. The Kier molecular flexibility index (Phi) is 9.71. The Morgan fingerprint density at radius 1 is 1.05 bits per heavy atom. The van der Waals surface area contributed by atoms with Crippen LogP contribution in [0.4, 0.5) is 16.3 Å². The van der Waals surface area contributed by atoms with Crippen molar-refractivity contribution in [2.45, 2.75) is 25.4 Å². The molecule has 2 unspecified atom stereocenters. The number of ether oxygens (including phenoxy) is 2. The molecule has 14 heteroatoms. The summed E-state index contributed by atoms with van der Waals surface area (Å²) < 4.78 is 12.1. The molecule has 4 aromatic rings. The molecule has 1 aliphatic rings. The summed E-state index contributed by atoms with van der Waals surface area (Å²) >= 11 is 12.7. The first kappa shape index (κ1) is 30.9. The highest BCUT2D eigenvalue weighted by Gasteiger charge is 2.33. The van der Waals surface area contributed by atoms with Crippen molar-refractivity contribution in [1.82, 2.24) is 29.7 Å². The first-order valence-electron chi connectivity index (χ1n) is 13.9. The first-order chi connectivity index (χ1) is 21.2. The van der Waals surface area contributed by atoms with Crippen molar-refractivity contribution < 1.29 is 19.1 Å². The number of urea groups is 1.